The second-order valence-electron chi connectivity index (χ2n) is 5.93. The minimum Gasteiger partial charge on any atom is -0.490 e. The predicted octanol–water partition coefficient (Wildman–Crippen LogP) is 2.42. The van der Waals surface area contributed by atoms with Gasteiger partial charge >= 0.3 is 0 Å². The van der Waals surface area contributed by atoms with Crippen LogP contribution in [-0.2, 0) is 13.0 Å². The first-order chi connectivity index (χ1) is 13.1. The van der Waals surface area contributed by atoms with Crippen molar-refractivity contribution >= 4 is 5.91 Å². The summed E-state index contributed by atoms with van der Waals surface area (Å²) >= 11 is 0. The molecular weight excluding hydrogens is 346 g/mol. The average molecular weight is 373 g/mol. The number of nitrogens with one attached hydrogen (secondary N) is 1. The van der Waals surface area contributed by atoms with Crippen LogP contribution in [0.25, 0.3) is 0 Å². The number of hydrogen-bond acceptors (Lipinski definition) is 5. The summed E-state index contributed by atoms with van der Waals surface area (Å²) < 4.78 is 12.5. The van der Waals surface area contributed by atoms with E-state index in [-0.39, 0.29) is 17.2 Å². The second kappa shape index (κ2) is 10.4. The molecule has 1 aromatic heterocycles. The number of ether oxygens (including phenoxy) is 2. The highest BCUT2D eigenvalue weighted by atomic mass is 16.5. The van der Waals surface area contributed by atoms with Crippen LogP contribution in [0, 0.1) is 0 Å². The third kappa shape index (κ3) is 5.84. The van der Waals surface area contributed by atoms with Gasteiger partial charge in [-0.1, -0.05) is 13.0 Å². The van der Waals surface area contributed by atoms with E-state index in [0.29, 0.717) is 38.5 Å². The van der Waals surface area contributed by atoms with Gasteiger partial charge in [-0.2, -0.15) is 5.10 Å². The molecule has 0 aliphatic rings. The summed E-state index contributed by atoms with van der Waals surface area (Å²) in [4.78, 5) is 24.0. The molecule has 7 heteroatoms. The number of amides is 1. The Labute approximate surface area is 159 Å². The molecule has 146 valence electrons. The zero-order chi connectivity index (χ0) is 19.6. The third-order valence-electron chi connectivity index (χ3n) is 3.84. The Morgan fingerprint density at radius 2 is 1.81 bits per heavy atom. The van der Waals surface area contributed by atoms with Crippen molar-refractivity contribution in [2.75, 3.05) is 19.8 Å². The maximum absolute atomic E-state index is 12.3. The van der Waals surface area contributed by atoms with Gasteiger partial charge in [-0.3, -0.25) is 9.59 Å². The van der Waals surface area contributed by atoms with Gasteiger partial charge in [0, 0.05) is 19.2 Å². The van der Waals surface area contributed by atoms with E-state index in [1.807, 2.05) is 39.0 Å². The summed E-state index contributed by atoms with van der Waals surface area (Å²) in [6, 6.07) is 8.60. The normalized spacial score (nSPS) is 10.5. The molecule has 2 rings (SSSR count). The summed E-state index contributed by atoms with van der Waals surface area (Å²) in [5, 5.41) is 6.95. The molecule has 0 spiro atoms. The number of benzene rings is 1. The van der Waals surface area contributed by atoms with Crippen LogP contribution in [0.15, 0.2) is 35.1 Å². The Kier molecular flexibility index (Phi) is 7.85. The Morgan fingerprint density at radius 3 is 2.52 bits per heavy atom. The number of aryl methyl sites for hydroxylation is 1. The van der Waals surface area contributed by atoms with E-state index in [2.05, 4.69) is 10.4 Å². The second-order valence-corrected chi connectivity index (χ2v) is 5.93. The van der Waals surface area contributed by atoms with E-state index in [4.69, 9.17) is 9.47 Å². The molecule has 7 nitrogen and oxygen atoms in total. The van der Waals surface area contributed by atoms with E-state index >= 15 is 0 Å². The maximum atomic E-state index is 12.3. The minimum absolute atomic E-state index is 0.203. The third-order valence-corrected chi connectivity index (χ3v) is 3.84. The first kappa shape index (κ1) is 20.5. The largest absolute Gasteiger partial charge is 0.490 e. The minimum atomic E-state index is -0.296. The Hall–Kier alpha value is -2.83. The Morgan fingerprint density at radius 1 is 1.07 bits per heavy atom. The van der Waals surface area contributed by atoms with E-state index < -0.39 is 0 Å². The summed E-state index contributed by atoms with van der Waals surface area (Å²) in [6.45, 7) is 7.87. The molecule has 0 unspecified atom stereocenters. The molecule has 1 aromatic carbocycles. The molecule has 0 saturated carbocycles. The lowest BCUT2D eigenvalue weighted by Crippen LogP contribution is -2.30. The highest BCUT2D eigenvalue weighted by Crippen LogP contribution is 2.28. The lowest BCUT2D eigenvalue weighted by Gasteiger charge is -2.12. The molecule has 0 fully saturated rings. The molecule has 2 aromatic rings. The van der Waals surface area contributed by atoms with E-state index in [0.717, 1.165) is 17.7 Å². The van der Waals surface area contributed by atoms with Crippen molar-refractivity contribution in [2.45, 2.75) is 40.2 Å². The first-order valence-corrected chi connectivity index (χ1v) is 9.33. The van der Waals surface area contributed by atoms with Crippen molar-refractivity contribution < 1.29 is 14.3 Å². The predicted molar refractivity (Wildman–Crippen MR) is 104 cm³/mol. The standard InChI is InChI=1S/C20H27N3O4/c1-4-13-23-19(24)10-8-16(22-23)20(25)21-12-11-15-7-9-17(26-5-2)18(14-15)27-6-3/h7-10,14H,4-6,11-13H2,1-3H3,(H,21,25). The smallest absolute Gasteiger partial charge is 0.271 e. The quantitative estimate of drug-likeness (QED) is 0.692. The van der Waals surface area contributed by atoms with Crippen molar-refractivity contribution in [3.63, 3.8) is 0 Å². The van der Waals surface area contributed by atoms with Crippen LogP contribution in [0.5, 0.6) is 11.5 Å². The molecule has 0 bridgehead atoms. The fourth-order valence-electron chi connectivity index (χ4n) is 2.60. The lowest BCUT2D eigenvalue weighted by molar-refractivity contribution is 0.0946. The zero-order valence-electron chi connectivity index (χ0n) is 16.2. The molecule has 1 heterocycles. The van der Waals surface area contributed by atoms with Crippen LogP contribution in [0.2, 0.25) is 0 Å². The highest BCUT2D eigenvalue weighted by Gasteiger charge is 2.10. The molecule has 0 saturated heterocycles. The van der Waals surface area contributed by atoms with Gasteiger partial charge < -0.3 is 14.8 Å². The fourth-order valence-corrected chi connectivity index (χ4v) is 2.60. The number of nitrogens with zero attached hydrogens (tertiary/aromatic N) is 2. The fraction of sp³-hybridized carbons (Fsp3) is 0.450. The lowest BCUT2D eigenvalue weighted by atomic mass is 10.1. The molecule has 1 N–H and O–H groups in total. The van der Waals surface area contributed by atoms with Crippen LogP contribution in [-0.4, -0.2) is 35.4 Å². The van der Waals surface area contributed by atoms with Crippen LogP contribution < -0.4 is 20.3 Å². The van der Waals surface area contributed by atoms with E-state index in [1.165, 1.54) is 16.8 Å². The summed E-state index contributed by atoms with van der Waals surface area (Å²) in [7, 11) is 0. The van der Waals surface area contributed by atoms with Gasteiger partial charge in [-0.15, -0.1) is 0 Å². The SMILES string of the molecule is CCCn1nc(C(=O)NCCc2ccc(OCC)c(OCC)c2)ccc1=O. The van der Waals surface area contributed by atoms with Crippen LogP contribution >= 0.6 is 0 Å². The molecule has 0 aliphatic carbocycles. The summed E-state index contributed by atoms with van der Waals surface area (Å²) in [6.07, 6.45) is 1.42. The maximum Gasteiger partial charge on any atom is 0.271 e. The van der Waals surface area contributed by atoms with Gasteiger partial charge in [-0.05, 0) is 50.5 Å². The van der Waals surface area contributed by atoms with E-state index in [1.54, 1.807) is 0 Å². The van der Waals surface area contributed by atoms with Gasteiger partial charge in [0.05, 0.1) is 13.2 Å². The first-order valence-electron chi connectivity index (χ1n) is 9.33. The van der Waals surface area contributed by atoms with Crippen molar-refractivity contribution in [1.82, 2.24) is 15.1 Å². The summed E-state index contributed by atoms with van der Waals surface area (Å²) in [5.74, 6) is 1.13. The molecule has 27 heavy (non-hydrogen) atoms. The number of aromatic nitrogens is 2. The van der Waals surface area contributed by atoms with Crippen molar-refractivity contribution in [3.05, 3.63) is 51.9 Å². The van der Waals surface area contributed by atoms with Crippen LogP contribution in [0.3, 0.4) is 0 Å². The highest BCUT2D eigenvalue weighted by molar-refractivity contribution is 5.91. The number of carbonyl (C=O) groups excluding carboxylic acids is 1. The van der Waals surface area contributed by atoms with Crippen LogP contribution in [0.1, 0.15) is 43.2 Å². The molecule has 0 atom stereocenters. The van der Waals surface area contributed by atoms with Gasteiger partial charge in [-0.25, -0.2) is 4.68 Å². The van der Waals surface area contributed by atoms with Crippen LogP contribution in [0.4, 0.5) is 0 Å². The molecule has 1 amide bonds. The average Bonchev–Trinajstić information content (AvgIpc) is 2.66. The number of hydrogen-bond donors (Lipinski definition) is 1. The van der Waals surface area contributed by atoms with Crippen molar-refractivity contribution in [2.24, 2.45) is 0 Å². The number of carbonyl (C=O) groups is 1. The summed E-state index contributed by atoms with van der Waals surface area (Å²) in [5.41, 5.74) is 1.07. The molecule has 0 aliphatic heterocycles. The monoisotopic (exact) mass is 373 g/mol. The van der Waals surface area contributed by atoms with Gasteiger partial charge in [0.15, 0.2) is 11.5 Å². The Balaban J connectivity index is 1.97. The number of rotatable bonds is 10. The zero-order valence-corrected chi connectivity index (χ0v) is 16.2. The molecule has 0 radical (unpaired) electrons. The Bertz CT molecular complexity index is 817. The van der Waals surface area contributed by atoms with Crippen molar-refractivity contribution in [1.29, 1.82) is 0 Å². The van der Waals surface area contributed by atoms with Gasteiger partial charge in [0.1, 0.15) is 5.69 Å². The van der Waals surface area contributed by atoms with Gasteiger partial charge in [0.2, 0.25) is 0 Å². The van der Waals surface area contributed by atoms with E-state index in [9.17, 15) is 9.59 Å². The topological polar surface area (TPSA) is 82.5 Å². The molecular formula is C20H27N3O4. The van der Waals surface area contributed by atoms with Gasteiger partial charge in [0.25, 0.3) is 11.5 Å². The van der Waals surface area contributed by atoms with Crippen molar-refractivity contribution in [3.8, 4) is 11.5 Å².